The van der Waals surface area contributed by atoms with E-state index in [1.54, 1.807) is 6.20 Å². The van der Waals surface area contributed by atoms with Gasteiger partial charge in [-0.2, -0.15) is 0 Å². The average Bonchev–Trinajstić information content (AvgIpc) is 2.48. The molecular weight excluding hydrogens is 246 g/mol. The molecule has 0 aliphatic rings. The molecule has 3 rings (SSSR count). The van der Waals surface area contributed by atoms with Crippen LogP contribution in [0.3, 0.4) is 0 Å². The summed E-state index contributed by atoms with van der Waals surface area (Å²) < 4.78 is 0. The Labute approximate surface area is 118 Å². The minimum atomic E-state index is 0.758. The number of aryl methyl sites for hydroxylation is 1. The molecule has 1 aromatic heterocycles. The second-order valence-corrected chi connectivity index (χ2v) is 4.97. The summed E-state index contributed by atoms with van der Waals surface area (Å²) in [6.45, 7) is 2.09. The van der Waals surface area contributed by atoms with E-state index >= 15 is 0 Å². The maximum absolute atomic E-state index is 6.03. The number of rotatable bonds is 2. The first-order valence-electron chi connectivity index (χ1n) is 6.60. The Morgan fingerprint density at radius 1 is 1.00 bits per heavy atom. The van der Waals surface area contributed by atoms with Crippen molar-refractivity contribution in [1.29, 1.82) is 0 Å². The number of pyridine rings is 1. The molecule has 3 aromatic rings. The zero-order chi connectivity index (χ0) is 14.1. The van der Waals surface area contributed by atoms with Gasteiger partial charge in [-0.05, 0) is 43.3 Å². The number of hydrogen-bond acceptors (Lipinski definition) is 3. The second-order valence-electron chi connectivity index (χ2n) is 4.97. The summed E-state index contributed by atoms with van der Waals surface area (Å²) in [6, 6.07) is 16.3. The Bertz CT molecular complexity index is 748. The lowest BCUT2D eigenvalue weighted by Gasteiger charge is -2.21. The van der Waals surface area contributed by atoms with Crippen LogP contribution in [0.25, 0.3) is 10.9 Å². The quantitative estimate of drug-likeness (QED) is 0.713. The largest absolute Gasteiger partial charge is 0.398 e. The summed E-state index contributed by atoms with van der Waals surface area (Å²) in [5.74, 6) is 0. The van der Waals surface area contributed by atoms with Gasteiger partial charge in [0.15, 0.2) is 0 Å². The molecule has 0 bridgehead atoms. The van der Waals surface area contributed by atoms with Crippen LogP contribution in [0.1, 0.15) is 5.56 Å². The number of nitrogen functional groups attached to an aromatic ring is 1. The van der Waals surface area contributed by atoms with Crippen LogP contribution < -0.4 is 10.6 Å². The van der Waals surface area contributed by atoms with E-state index in [2.05, 4.69) is 41.1 Å². The highest BCUT2D eigenvalue weighted by Gasteiger charge is 2.10. The Balaban J connectivity index is 2.14. The summed E-state index contributed by atoms with van der Waals surface area (Å²) in [5, 5.41) is 0.990. The molecule has 0 spiro atoms. The topological polar surface area (TPSA) is 42.1 Å². The molecule has 100 valence electrons. The molecule has 0 saturated carbocycles. The Morgan fingerprint density at radius 2 is 1.75 bits per heavy atom. The van der Waals surface area contributed by atoms with Crippen molar-refractivity contribution in [3.63, 3.8) is 0 Å². The predicted octanol–water partition coefficient (Wildman–Crippen LogP) is 3.89. The third-order valence-electron chi connectivity index (χ3n) is 3.56. The highest BCUT2D eigenvalue weighted by atomic mass is 15.1. The number of aromatic nitrogens is 1. The SMILES string of the molecule is Cc1ccc(N(C)c2ccc(N)c3cccnc23)cc1. The Kier molecular flexibility index (Phi) is 3.03. The van der Waals surface area contributed by atoms with Gasteiger partial charge in [-0.1, -0.05) is 17.7 Å². The highest BCUT2D eigenvalue weighted by Crippen LogP contribution is 2.32. The number of nitrogens with zero attached hydrogens (tertiary/aromatic N) is 2. The van der Waals surface area contributed by atoms with Crippen LogP contribution in [0.4, 0.5) is 17.1 Å². The van der Waals surface area contributed by atoms with Gasteiger partial charge < -0.3 is 10.6 Å². The predicted molar refractivity (Wildman–Crippen MR) is 85.4 cm³/mol. The van der Waals surface area contributed by atoms with E-state index in [1.807, 2.05) is 31.3 Å². The molecule has 0 fully saturated rings. The summed E-state index contributed by atoms with van der Waals surface area (Å²) in [6.07, 6.45) is 1.80. The van der Waals surface area contributed by atoms with Crippen LogP contribution in [0, 0.1) is 6.92 Å². The first-order valence-corrected chi connectivity index (χ1v) is 6.60. The van der Waals surface area contributed by atoms with Gasteiger partial charge in [-0.15, -0.1) is 0 Å². The number of nitrogens with two attached hydrogens (primary N) is 1. The smallest absolute Gasteiger partial charge is 0.0959 e. The van der Waals surface area contributed by atoms with E-state index in [9.17, 15) is 0 Å². The Morgan fingerprint density at radius 3 is 2.50 bits per heavy atom. The van der Waals surface area contributed by atoms with Crippen LogP contribution in [0.15, 0.2) is 54.7 Å². The molecule has 0 unspecified atom stereocenters. The zero-order valence-electron chi connectivity index (χ0n) is 11.7. The van der Waals surface area contributed by atoms with E-state index in [4.69, 9.17) is 5.73 Å². The van der Waals surface area contributed by atoms with Crippen molar-refractivity contribution in [3.8, 4) is 0 Å². The lowest BCUT2D eigenvalue weighted by atomic mass is 10.1. The third kappa shape index (κ3) is 2.07. The van der Waals surface area contributed by atoms with Crippen LogP contribution >= 0.6 is 0 Å². The van der Waals surface area contributed by atoms with Crippen molar-refractivity contribution in [3.05, 3.63) is 60.3 Å². The van der Waals surface area contributed by atoms with Crippen molar-refractivity contribution in [2.24, 2.45) is 0 Å². The van der Waals surface area contributed by atoms with Gasteiger partial charge in [-0.25, -0.2) is 0 Å². The maximum Gasteiger partial charge on any atom is 0.0959 e. The number of benzene rings is 2. The lowest BCUT2D eigenvalue weighted by Crippen LogP contribution is -2.10. The van der Waals surface area contributed by atoms with Gasteiger partial charge in [-0.3, -0.25) is 4.98 Å². The monoisotopic (exact) mass is 263 g/mol. The fourth-order valence-corrected chi connectivity index (χ4v) is 2.36. The molecule has 20 heavy (non-hydrogen) atoms. The van der Waals surface area contributed by atoms with Gasteiger partial charge >= 0.3 is 0 Å². The summed E-state index contributed by atoms with van der Waals surface area (Å²) in [4.78, 5) is 6.62. The molecule has 1 heterocycles. The summed E-state index contributed by atoms with van der Waals surface area (Å²) in [7, 11) is 2.05. The van der Waals surface area contributed by atoms with Crippen LogP contribution in [0.5, 0.6) is 0 Å². The molecule has 2 aromatic carbocycles. The third-order valence-corrected chi connectivity index (χ3v) is 3.56. The van der Waals surface area contributed by atoms with E-state index in [1.165, 1.54) is 5.56 Å². The van der Waals surface area contributed by atoms with Crippen molar-refractivity contribution < 1.29 is 0 Å². The van der Waals surface area contributed by atoms with Gasteiger partial charge in [0.25, 0.3) is 0 Å². The molecular formula is C17H17N3. The second kappa shape index (κ2) is 4.85. The Hall–Kier alpha value is -2.55. The van der Waals surface area contributed by atoms with E-state index in [0.717, 1.165) is 28.0 Å². The van der Waals surface area contributed by atoms with Crippen LogP contribution in [-0.2, 0) is 0 Å². The van der Waals surface area contributed by atoms with Crippen molar-refractivity contribution in [1.82, 2.24) is 4.98 Å². The normalized spacial score (nSPS) is 10.7. The van der Waals surface area contributed by atoms with Crippen molar-refractivity contribution >= 4 is 28.0 Å². The van der Waals surface area contributed by atoms with Crippen molar-refractivity contribution in [2.75, 3.05) is 17.7 Å². The van der Waals surface area contributed by atoms with Crippen molar-refractivity contribution in [2.45, 2.75) is 6.92 Å². The molecule has 0 radical (unpaired) electrons. The first kappa shape index (κ1) is 12.5. The summed E-state index contributed by atoms with van der Waals surface area (Å²) >= 11 is 0. The standard InChI is InChI=1S/C17H17N3/c1-12-5-7-13(8-6-12)20(2)16-10-9-15(18)14-4-3-11-19-17(14)16/h3-11H,18H2,1-2H3. The number of hydrogen-bond donors (Lipinski definition) is 1. The van der Waals surface area contributed by atoms with Gasteiger partial charge in [0.2, 0.25) is 0 Å². The van der Waals surface area contributed by atoms with E-state index in [-0.39, 0.29) is 0 Å². The molecule has 0 amide bonds. The first-order chi connectivity index (χ1) is 9.66. The molecule has 0 aliphatic carbocycles. The number of fused-ring (bicyclic) bond motifs is 1. The minimum Gasteiger partial charge on any atom is -0.398 e. The zero-order valence-corrected chi connectivity index (χ0v) is 11.7. The maximum atomic E-state index is 6.03. The van der Waals surface area contributed by atoms with Crippen LogP contribution in [0.2, 0.25) is 0 Å². The fourth-order valence-electron chi connectivity index (χ4n) is 2.36. The van der Waals surface area contributed by atoms with Gasteiger partial charge in [0.1, 0.15) is 0 Å². The molecule has 3 heteroatoms. The number of anilines is 3. The molecule has 3 nitrogen and oxygen atoms in total. The van der Waals surface area contributed by atoms with Crippen LogP contribution in [-0.4, -0.2) is 12.0 Å². The van der Waals surface area contributed by atoms with E-state index < -0.39 is 0 Å². The lowest BCUT2D eigenvalue weighted by molar-refractivity contribution is 1.20. The average molecular weight is 263 g/mol. The highest BCUT2D eigenvalue weighted by molar-refractivity contribution is 5.99. The van der Waals surface area contributed by atoms with Gasteiger partial charge in [0.05, 0.1) is 11.2 Å². The molecule has 0 saturated heterocycles. The van der Waals surface area contributed by atoms with Gasteiger partial charge in [0, 0.05) is 30.0 Å². The van der Waals surface area contributed by atoms with E-state index in [0.29, 0.717) is 0 Å². The molecule has 0 atom stereocenters. The summed E-state index contributed by atoms with van der Waals surface area (Å²) in [5.41, 5.74) is 11.1. The molecule has 2 N–H and O–H groups in total. The molecule has 0 aliphatic heterocycles. The minimum absolute atomic E-state index is 0.758. The fraction of sp³-hybridized carbons (Fsp3) is 0.118.